The van der Waals surface area contributed by atoms with Crippen molar-refractivity contribution in [1.29, 1.82) is 0 Å². The van der Waals surface area contributed by atoms with Crippen molar-refractivity contribution in [1.82, 2.24) is 24.6 Å². The van der Waals surface area contributed by atoms with E-state index in [9.17, 15) is 4.79 Å². The Morgan fingerprint density at radius 3 is 3.00 bits per heavy atom. The molecule has 27 heavy (non-hydrogen) atoms. The Morgan fingerprint density at radius 2 is 2.11 bits per heavy atom. The molecule has 1 saturated heterocycles. The first-order valence-corrected chi connectivity index (χ1v) is 8.74. The van der Waals surface area contributed by atoms with Gasteiger partial charge in [-0.2, -0.15) is 5.10 Å². The standard InChI is InChI=1S/C19H17N5O3/c25-18-6-14(10-23(18)9-13-2-1-5-20-8-13)19-21-11-22-24(19)15-3-4-16-17(7-15)27-12-26-16/h1-5,7-8,11,14H,6,9-10,12H2/t14-/m0/s1. The molecule has 136 valence electrons. The number of carbonyl (C=O) groups excluding carboxylic acids is 1. The first-order chi connectivity index (χ1) is 13.3. The normalized spacial score (nSPS) is 18.3. The molecule has 0 saturated carbocycles. The number of hydrogen-bond donors (Lipinski definition) is 0. The van der Waals surface area contributed by atoms with Crippen LogP contribution in [0.15, 0.2) is 49.1 Å². The SMILES string of the molecule is O=C1C[C@H](c2ncnn2-c2ccc3c(c2)OCO3)CN1Cc1cccnc1. The van der Waals surface area contributed by atoms with E-state index >= 15 is 0 Å². The van der Waals surface area contributed by atoms with Crippen molar-refractivity contribution in [3.63, 3.8) is 0 Å². The number of hydrogen-bond acceptors (Lipinski definition) is 6. The maximum absolute atomic E-state index is 12.5. The van der Waals surface area contributed by atoms with Gasteiger partial charge in [-0.1, -0.05) is 6.07 Å². The van der Waals surface area contributed by atoms with Gasteiger partial charge in [0, 0.05) is 43.9 Å². The number of nitrogens with zero attached hydrogens (tertiary/aromatic N) is 5. The number of likely N-dealkylation sites (tertiary alicyclic amines) is 1. The zero-order chi connectivity index (χ0) is 18.2. The van der Waals surface area contributed by atoms with Crippen molar-refractivity contribution in [3.8, 4) is 17.2 Å². The van der Waals surface area contributed by atoms with E-state index in [1.807, 2.05) is 35.2 Å². The van der Waals surface area contributed by atoms with Gasteiger partial charge in [0.1, 0.15) is 12.2 Å². The van der Waals surface area contributed by atoms with Gasteiger partial charge in [0.15, 0.2) is 11.5 Å². The topological polar surface area (TPSA) is 82.4 Å². The van der Waals surface area contributed by atoms with Crippen molar-refractivity contribution in [2.24, 2.45) is 0 Å². The molecule has 2 aromatic heterocycles. The van der Waals surface area contributed by atoms with Crippen LogP contribution < -0.4 is 9.47 Å². The summed E-state index contributed by atoms with van der Waals surface area (Å²) in [5.74, 6) is 2.29. The molecular formula is C19H17N5O3. The molecule has 1 atom stereocenters. The van der Waals surface area contributed by atoms with Crippen molar-refractivity contribution < 1.29 is 14.3 Å². The lowest BCUT2D eigenvalue weighted by Gasteiger charge is -2.16. The van der Waals surface area contributed by atoms with Crippen LogP contribution in [0, 0.1) is 0 Å². The summed E-state index contributed by atoms with van der Waals surface area (Å²) < 4.78 is 12.6. The minimum atomic E-state index is -0.0119. The van der Waals surface area contributed by atoms with Gasteiger partial charge >= 0.3 is 0 Å². The molecule has 0 spiro atoms. The monoisotopic (exact) mass is 363 g/mol. The zero-order valence-corrected chi connectivity index (χ0v) is 14.5. The number of benzene rings is 1. The lowest BCUT2D eigenvalue weighted by molar-refractivity contribution is -0.128. The predicted molar refractivity (Wildman–Crippen MR) is 94.5 cm³/mol. The minimum Gasteiger partial charge on any atom is -0.454 e. The van der Waals surface area contributed by atoms with Crippen LogP contribution in [-0.4, -0.2) is 43.9 Å². The Kier molecular flexibility index (Phi) is 3.74. The summed E-state index contributed by atoms with van der Waals surface area (Å²) in [5, 5.41) is 4.36. The molecule has 0 radical (unpaired) electrons. The van der Waals surface area contributed by atoms with E-state index in [2.05, 4.69) is 15.1 Å². The number of amides is 1. The second-order valence-electron chi connectivity index (χ2n) is 6.60. The van der Waals surface area contributed by atoms with E-state index in [1.54, 1.807) is 17.1 Å². The molecule has 1 aromatic carbocycles. The summed E-state index contributed by atoms with van der Waals surface area (Å²) in [6, 6.07) is 9.50. The smallest absolute Gasteiger partial charge is 0.231 e. The number of rotatable bonds is 4. The van der Waals surface area contributed by atoms with Crippen molar-refractivity contribution in [2.45, 2.75) is 18.9 Å². The van der Waals surface area contributed by atoms with Crippen LogP contribution in [0.4, 0.5) is 0 Å². The first kappa shape index (κ1) is 15.8. The summed E-state index contributed by atoms with van der Waals surface area (Å²) >= 11 is 0. The molecule has 8 nitrogen and oxygen atoms in total. The fraction of sp³-hybridized carbons (Fsp3) is 0.263. The fourth-order valence-corrected chi connectivity index (χ4v) is 3.55. The van der Waals surface area contributed by atoms with Gasteiger partial charge in [0.05, 0.1) is 5.69 Å². The van der Waals surface area contributed by atoms with Crippen LogP contribution >= 0.6 is 0 Å². The molecule has 1 amide bonds. The molecule has 1 fully saturated rings. The first-order valence-electron chi connectivity index (χ1n) is 8.74. The molecule has 4 heterocycles. The highest BCUT2D eigenvalue weighted by Gasteiger charge is 2.34. The van der Waals surface area contributed by atoms with Crippen molar-refractivity contribution in [2.75, 3.05) is 13.3 Å². The minimum absolute atomic E-state index is 0.0119. The predicted octanol–water partition coefficient (Wildman–Crippen LogP) is 1.91. The summed E-state index contributed by atoms with van der Waals surface area (Å²) in [5.41, 5.74) is 1.86. The van der Waals surface area contributed by atoms with Crippen LogP contribution in [-0.2, 0) is 11.3 Å². The van der Waals surface area contributed by atoms with Gasteiger partial charge in [0.2, 0.25) is 12.7 Å². The second kappa shape index (κ2) is 6.39. The largest absolute Gasteiger partial charge is 0.454 e. The molecule has 2 aliphatic rings. The van der Waals surface area contributed by atoms with Gasteiger partial charge in [-0.15, -0.1) is 0 Å². The van der Waals surface area contributed by atoms with Crippen LogP contribution in [0.3, 0.4) is 0 Å². The highest BCUT2D eigenvalue weighted by molar-refractivity contribution is 5.79. The van der Waals surface area contributed by atoms with Crippen LogP contribution in [0.5, 0.6) is 11.5 Å². The fourth-order valence-electron chi connectivity index (χ4n) is 3.55. The average Bonchev–Trinajstić information content (AvgIpc) is 3.42. The van der Waals surface area contributed by atoms with Crippen LogP contribution in [0.1, 0.15) is 23.7 Å². The summed E-state index contributed by atoms with van der Waals surface area (Å²) in [4.78, 5) is 22.9. The lowest BCUT2D eigenvalue weighted by atomic mass is 10.1. The molecule has 3 aromatic rings. The second-order valence-corrected chi connectivity index (χ2v) is 6.60. The van der Waals surface area contributed by atoms with Gasteiger partial charge in [-0.25, -0.2) is 9.67 Å². The molecule has 5 rings (SSSR count). The number of pyridine rings is 1. The Balaban J connectivity index is 1.39. The molecule has 0 unspecified atom stereocenters. The van der Waals surface area contributed by atoms with E-state index in [0.29, 0.717) is 25.3 Å². The maximum Gasteiger partial charge on any atom is 0.231 e. The third kappa shape index (κ3) is 2.88. The quantitative estimate of drug-likeness (QED) is 0.704. The Labute approximate surface area is 155 Å². The van der Waals surface area contributed by atoms with E-state index < -0.39 is 0 Å². The Morgan fingerprint density at radius 1 is 1.19 bits per heavy atom. The number of carbonyl (C=O) groups is 1. The summed E-state index contributed by atoms with van der Waals surface area (Å²) in [6.45, 7) is 1.39. The maximum atomic E-state index is 12.5. The van der Waals surface area contributed by atoms with Crippen LogP contribution in [0.25, 0.3) is 5.69 Å². The molecule has 0 aliphatic carbocycles. The third-order valence-electron chi connectivity index (χ3n) is 4.85. The highest BCUT2D eigenvalue weighted by Crippen LogP contribution is 2.35. The summed E-state index contributed by atoms with van der Waals surface area (Å²) in [6.07, 6.45) is 5.46. The Hall–Kier alpha value is -3.42. The average molecular weight is 363 g/mol. The Bertz CT molecular complexity index is 988. The molecule has 0 N–H and O–H groups in total. The highest BCUT2D eigenvalue weighted by atomic mass is 16.7. The van der Waals surface area contributed by atoms with Crippen molar-refractivity contribution in [3.05, 3.63) is 60.4 Å². The van der Waals surface area contributed by atoms with E-state index in [0.717, 1.165) is 22.8 Å². The molecule has 2 aliphatic heterocycles. The summed E-state index contributed by atoms with van der Waals surface area (Å²) in [7, 11) is 0. The number of ether oxygens (including phenoxy) is 2. The van der Waals surface area contributed by atoms with Gasteiger partial charge in [-0.3, -0.25) is 9.78 Å². The van der Waals surface area contributed by atoms with E-state index in [4.69, 9.17) is 9.47 Å². The molecule has 8 heteroatoms. The van der Waals surface area contributed by atoms with Gasteiger partial charge in [-0.05, 0) is 23.8 Å². The lowest BCUT2D eigenvalue weighted by Crippen LogP contribution is -2.24. The van der Waals surface area contributed by atoms with E-state index in [-0.39, 0.29) is 18.6 Å². The van der Waals surface area contributed by atoms with Gasteiger partial charge < -0.3 is 14.4 Å². The van der Waals surface area contributed by atoms with Crippen molar-refractivity contribution >= 4 is 5.91 Å². The van der Waals surface area contributed by atoms with Crippen LogP contribution in [0.2, 0.25) is 0 Å². The number of fused-ring (bicyclic) bond motifs is 1. The van der Waals surface area contributed by atoms with E-state index in [1.165, 1.54) is 6.33 Å². The zero-order valence-electron chi connectivity index (χ0n) is 14.5. The molecule has 0 bridgehead atoms. The molecular weight excluding hydrogens is 346 g/mol. The number of aromatic nitrogens is 4. The van der Waals surface area contributed by atoms with Gasteiger partial charge in [0.25, 0.3) is 0 Å². The third-order valence-corrected chi connectivity index (χ3v) is 4.85.